The second kappa shape index (κ2) is 1.93. The summed E-state index contributed by atoms with van der Waals surface area (Å²) in [4.78, 5) is 0. The average molecular weight is 104 g/mol. The molecule has 0 amide bonds. The largest absolute Gasteiger partial charge is 0.120 e. The monoisotopic (exact) mass is 104 g/mol. The van der Waals surface area contributed by atoms with E-state index >= 15 is 0 Å². The van der Waals surface area contributed by atoms with Gasteiger partial charge < -0.3 is 0 Å². The highest BCUT2D eigenvalue weighted by Crippen LogP contribution is 2.32. The molecule has 1 rings (SSSR count). The van der Waals surface area contributed by atoms with Crippen LogP contribution in [0, 0.1) is 36.5 Å². The Labute approximate surface area is 50.3 Å². The van der Waals surface area contributed by atoms with Gasteiger partial charge in [-0.25, -0.2) is 0 Å². The topological polar surface area (TPSA) is 0 Å². The summed E-state index contributed by atoms with van der Waals surface area (Å²) in [6.07, 6.45) is 12.6. The van der Waals surface area contributed by atoms with Gasteiger partial charge >= 0.3 is 0 Å². The molecule has 1 fully saturated rings. The molecule has 0 radical (unpaired) electrons. The van der Waals surface area contributed by atoms with Gasteiger partial charge in [0.15, 0.2) is 0 Å². The second-order valence-corrected chi connectivity index (χ2v) is 2.12. The standard InChI is InChI=1S/C8H8/c1-3-7-5-6-8(7)4-2/h1-2,7-8H,5-6H2. The molecule has 8 heavy (non-hydrogen) atoms. The summed E-state index contributed by atoms with van der Waals surface area (Å²) in [6.45, 7) is 0. The van der Waals surface area contributed by atoms with Crippen molar-refractivity contribution in [2.24, 2.45) is 11.8 Å². The van der Waals surface area contributed by atoms with Crippen molar-refractivity contribution in [1.82, 2.24) is 0 Å². The lowest BCUT2D eigenvalue weighted by Crippen LogP contribution is -2.22. The normalized spacial score (nSPS) is 34.2. The second-order valence-electron chi connectivity index (χ2n) is 2.12. The maximum absolute atomic E-state index is 5.15. The van der Waals surface area contributed by atoms with Crippen molar-refractivity contribution in [3.63, 3.8) is 0 Å². The Kier molecular flexibility index (Phi) is 1.27. The predicted molar refractivity (Wildman–Crippen MR) is 33.9 cm³/mol. The van der Waals surface area contributed by atoms with Gasteiger partial charge in [-0.15, -0.1) is 24.7 Å². The van der Waals surface area contributed by atoms with E-state index in [1.54, 1.807) is 0 Å². The minimum absolute atomic E-state index is 0.389. The molecular weight excluding hydrogens is 96.1 g/mol. The zero-order valence-electron chi connectivity index (χ0n) is 4.72. The first-order valence-electron chi connectivity index (χ1n) is 2.80. The molecule has 0 aliphatic heterocycles. The Morgan fingerprint density at radius 2 is 1.38 bits per heavy atom. The molecule has 40 valence electrons. The number of terminal acetylenes is 2. The quantitative estimate of drug-likeness (QED) is 0.406. The highest BCUT2D eigenvalue weighted by atomic mass is 14.3. The number of hydrogen-bond donors (Lipinski definition) is 0. The molecule has 1 saturated carbocycles. The molecule has 1 aliphatic carbocycles. The van der Waals surface area contributed by atoms with E-state index in [0.717, 1.165) is 12.8 Å². The van der Waals surface area contributed by atoms with Gasteiger partial charge in [0.1, 0.15) is 0 Å². The third-order valence-electron chi connectivity index (χ3n) is 1.70. The molecule has 0 aromatic rings. The van der Waals surface area contributed by atoms with Crippen LogP contribution < -0.4 is 0 Å². The molecule has 0 aromatic carbocycles. The fraction of sp³-hybridized carbons (Fsp3) is 0.500. The molecule has 1 aliphatic rings. The molecule has 0 saturated heterocycles. The van der Waals surface area contributed by atoms with Gasteiger partial charge in [0, 0.05) is 11.8 Å². The van der Waals surface area contributed by atoms with Crippen LogP contribution in [0.5, 0.6) is 0 Å². The summed E-state index contributed by atoms with van der Waals surface area (Å²) in [7, 11) is 0. The van der Waals surface area contributed by atoms with Crippen molar-refractivity contribution < 1.29 is 0 Å². The Bertz CT molecular complexity index is 134. The van der Waals surface area contributed by atoms with Crippen molar-refractivity contribution in [2.75, 3.05) is 0 Å². The van der Waals surface area contributed by atoms with Gasteiger partial charge in [-0.1, -0.05) is 0 Å². The van der Waals surface area contributed by atoms with Crippen LogP contribution in [0.15, 0.2) is 0 Å². The summed E-state index contributed by atoms with van der Waals surface area (Å²) < 4.78 is 0. The highest BCUT2D eigenvalue weighted by molar-refractivity contribution is 5.11. The van der Waals surface area contributed by atoms with Crippen molar-refractivity contribution in [3.05, 3.63) is 0 Å². The SMILES string of the molecule is C#CC1CCC1C#C. The van der Waals surface area contributed by atoms with E-state index in [1.165, 1.54) is 0 Å². The van der Waals surface area contributed by atoms with E-state index in [2.05, 4.69) is 11.8 Å². The third kappa shape index (κ3) is 0.592. The smallest absolute Gasteiger partial charge is 0.0338 e. The molecule has 0 aromatic heterocycles. The van der Waals surface area contributed by atoms with Gasteiger partial charge in [0.25, 0.3) is 0 Å². The van der Waals surface area contributed by atoms with E-state index in [-0.39, 0.29) is 0 Å². The lowest BCUT2D eigenvalue weighted by Gasteiger charge is -2.27. The number of rotatable bonds is 0. The van der Waals surface area contributed by atoms with Gasteiger partial charge in [-0.3, -0.25) is 0 Å². The zero-order valence-corrected chi connectivity index (χ0v) is 4.72. The Morgan fingerprint density at radius 1 is 1.00 bits per heavy atom. The van der Waals surface area contributed by atoms with Crippen LogP contribution in [-0.2, 0) is 0 Å². The first-order chi connectivity index (χ1) is 3.88. The summed E-state index contributed by atoms with van der Waals surface area (Å²) in [5.74, 6) is 6.10. The summed E-state index contributed by atoms with van der Waals surface area (Å²) >= 11 is 0. The molecule has 0 heteroatoms. The van der Waals surface area contributed by atoms with E-state index in [9.17, 15) is 0 Å². The third-order valence-corrected chi connectivity index (χ3v) is 1.70. The van der Waals surface area contributed by atoms with Gasteiger partial charge in [0.05, 0.1) is 0 Å². The van der Waals surface area contributed by atoms with Gasteiger partial charge in [-0.05, 0) is 12.8 Å². The molecular formula is C8H8. The first kappa shape index (κ1) is 5.26. The first-order valence-corrected chi connectivity index (χ1v) is 2.80. The fourth-order valence-corrected chi connectivity index (χ4v) is 0.899. The number of hydrogen-bond acceptors (Lipinski definition) is 0. The maximum atomic E-state index is 5.15. The van der Waals surface area contributed by atoms with Crippen molar-refractivity contribution in [2.45, 2.75) is 12.8 Å². The molecule has 2 atom stereocenters. The Hall–Kier alpha value is -0.880. The molecule has 0 heterocycles. The summed E-state index contributed by atoms with van der Waals surface area (Å²) in [5.41, 5.74) is 0. The Morgan fingerprint density at radius 3 is 1.50 bits per heavy atom. The summed E-state index contributed by atoms with van der Waals surface area (Å²) in [5, 5.41) is 0. The molecule has 0 spiro atoms. The molecule has 0 bridgehead atoms. The van der Waals surface area contributed by atoms with E-state index in [0.29, 0.717) is 11.8 Å². The molecule has 0 N–H and O–H groups in total. The predicted octanol–water partition coefficient (Wildman–Crippen LogP) is 1.28. The van der Waals surface area contributed by atoms with E-state index in [4.69, 9.17) is 12.8 Å². The highest BCUT2D eigenvalue weighted by Gasteiger charge is 2.26. The summed E-state index contributed by atoms with van der Waals surface area (Å²) in [6, 6.07) is 0. The van der Waals surface area contributed by atoms with Crippen LogP contribution in [0.3, 0.4) is 0 Å². The van der Waals surface area contributed by atoms with Crippen LogP contribution in [0.4, 0.5) is 0 Å². The fourth-order valence-electron chi connectivity index (χ4n) is 0.899. The lowest BCUT2D eigenvalue weighted by atomic mass is 9.75. The average Bonchev–Trinajstić information content (AvgIpc) is 1.66. The van der Waals surface area contributed by atoms with E-state index < -0.39 is 0 Å². The maximum Gasteiger partial charge on any atom is 0.0338 e. The van der Waals surface area contributed by atoms with Crippen LogP contribution in [-0.4, -0.2) is 0 Å². The van der Waals surface area contributed by atoms with Gasteiger partial charge in [-0.2, -0.15) is 0 Å². The lowest BCUT2D eigenvalue weighted by molar-refractivity contribution is 0.310. The molecule has 2 unspecified atom stereocenters. The van der Waals surface area contributed by atoms with Crippen molar-refractivity contribution >= 4 is 0 Å². The minimum atomic E-state index is 0.389. The van der Waals surface area contributed by atoms with Crippen molar-refractivity contribution in [3.8, 4) is 24.7 Å². The minimum Gasteiger partial charge on any atom is -0.120 e. The van der Waals surface area contributed by atoms with E-state index in [1.807, 2.05) is 0 Å². The van der Waals surface area contributed by atoms with Crippen LogP contribution in [0.25, 0.3) is 0 Å². The zero-order chi connectivity index (χ0) is 5.98. The van der Waals surface area contributed by atoms with Crippen LogP contribution >= 0.6 is 0 Å². The van der Waals surface area contributed by atoms with Crippen molar-refractivity contribution in [1.29, 1.82) is 0 Å². The van der Waals surface area contributed by atoms with Crippen LogP contribution in [0.1, 0.15) is 12.8 Å². The van der Waals surface area contributed by atoms with Crippen LogP contribution in [0.2, 0.25) is 0 Å². The Balaban J connectivity index is 2.44. The van der Waals surface area contributed by atoms with Gasteiger partial charge in [0.2, 0.25) is 0 Å². The molecule has 0 nitrogen and oxygen atoms in total.